The Morgan fingerprint density at radius 1 is 0.860 bits per heavy atom. The van der Waals surface area contributed by atoms with Gasteiger partial charge in [-0.1, -0.05) is 66.7 Å². The zero-order chi connectivity index (χ0) is 36.1. The van der Waals surface area contributed by atoms with E-state index >= 15 is 0 Å². The molecule has 1 aromatic carbocycles. The summed E-state index contributed by atoms with van der Waals surface area (Å²) >= 11 is 0. The molecule has 5 aliphatic carbocycles. The van der Waals surface area contributed by atoms with Gasteiger partial charge in [0, 0.05) is 31.5 Å². The molecule has 9 atom stereocenters. The third-order valence-corrected chi connectivity index (χ3v) is 16.7. The molecule has 1 amide bonds. The number of hydrogen-bond donors (Lipinski definition) is 2. The number of carboxylic acid groups (broad SMARTS) is 1. The van der Waals surface area contributed by atoms with E-state index in [1.165, 1.54) is 31.3 Å². The Bertz CT molecular complexity index is 1530. The molecule has 7 rings (SSSR count). The van der Waals surface area contributed by atoms with Gasteiger partial charge in [0.25, 0.3) is 5.92 Å². The van der Waals surface area contributed by atoms with Crippen LogP contribution >= 0.6 is 0 Å². The molecule has 50 heavy (non-hydrogen) atoms. The van der Waals surface area contributed by atoms with Crippen molar-refractivity contribution in [2.24, 2.45) is 57.2 Å². The van der Waals surface area contributed by atoms with E-state index < -0.39 is 11.9 Å². The standard InChI is InChI=1S/C43H62F2N2O3/c1-27(2)30-14-19-42(46-35(48)26-47-24-22-43(44,45)23-25-47)21-20-40(6)32(36(30)42)12-13-34-39(5)17-15-31(28-8-10-29(11-9-28)37(49)50)38(3,4)33(39)16-18-41(34,40)7/h8-11,15,27,30,32-34,36H,12-14,16-26H2,1-7H3,(H,46,48)(H,49,50)/t30-,32+,33?,34?,36?,39-,40+,41+,42-/m0/s1. The van der Waals surface area contributed by atoms with Gasteiger partial charge in [-0.15, -0.1) is 0 Å². The molecule has 4 saturated carbocycles. The van der Waals surface area contributed by atoms with Gasteiger partial charge >= 0.3 is 5.97 Å². The van der Waals surface area contributed by atoms with Crippen LogP contribution in [-0.2, 0) is 4.79 Å². The SMILES string of the molecule is CC(C)[C@@H]1CC[C@]2(NC(=O)CN3CCC(F)(F)CC3)CC[C@]3(C)[C@H](CCC4[C@@]5(C)CC=C(c6ccc(C(=O)O)cc6)C(C)(C)C5CC[C@]43C)C12. The van der Waals surface area contributed by atoms with Crippen molar-refractivity contribution in [2.45, 2.75) is 131 Å². The molecule has 1 heterocycles. The maximum Gasteiger partial charge on any atom is 0.335 e. The Morgan fingerprint density at radius 3 is 2.18 bits per heavy atom. The summed E-state index contributed by atoms with van der Waals surface area (Å²) < 4.78 is 27.7. The van der Waals surface area contributed by atoms with Crippen LogP contribution in [0.5, 0.6) is 0 Å². The largest absolute Gasteiger partial charge is 0.478 e. The number of nitrogens with zero attached hydrogens (tertiary/aromatic N) is 1. The highest BCUT2D eigenvalue weighted by atomic mass is 19.3. The second-order valence-electron chi connectivity index (χ2n) is 19.4. The molecule has 0 spiro atoms. The van der Waals surface area contributed by atoms with Gasteiger partial charge in [0.2, 0.25) is 5.91 Å². The summed E-state index contributed by atoms with van der Waals surface area (Å²) in [4.78, 5) is 27.2. The van der Waals surface area contributed by atoms with Crippen molar-refractivity contribution in [3.63, 3.8) is 0 Å². The van der Waals surface area contributed by atoms with Crippen molar-refractivity contribution < 1.29 is 23.5 Å². The normalized spacial score (nSPS) is 42.0. The first-order chi connectivity index (χ1) is 23.4. The zero-order valence-electron chi connectivity index (χ0n) is 31.7. The lowest BCUT2D eigenvalue weighted by molar-refractivity contribution is -0.221. The summed E-state index contributed by atoms with van der Waals surface area (Å²) in [5.41, 5.74) is 3.18. The number of aromatic carboxylic acids is 1. The summed E-state index contributed by atoms with van der Waals surface area (Å²) in [6.07, 6.45) is 12.4. The number of amides is 1. The number of rotatable bonds is 6. The zero-order valence-corrected chi connectivity index (χ0v) is 31.7. The van der Waals surface area contributed by atoms with E-state index in [-0.39, 0.29) is 65.6 Å². The van der Waals surface area contributed by atoms with Gasteiger partial charge in [0.1, 0.15) is 0 Å². The number of piperidine rings is 1. The predicted octanol–water partition coefficient (Wildman–Crippen LogP) is 9.72. The molecule has 0 radical (unpaired) electrons. The maximum atomic E-state index is 13.9. The number of carbonyl (C=O) groups excluding carboxylic acids is 1. The Labute approximate surface area is 299 Å². The van der Waals surface area contributed by atoms with E-state index in [4.69, 9.17) is 0 Å². The molecule has 1 aliphatic heterocycles. The van der Waals surface area contributed by atoms with E-state index in [1.807, 2.05) is 17.0 Å². The number of carbonyl (C=O) groups is 2. The average molecular weight is 693 g/mol. The number of hydrogen-bond acceptors (Lipinski definition) is 3. The van der Waals surface area contributed by atoms with Gasteiger partial charge in [-0.3, -0.25) is 9.69 Å². The topological polar surface area (TPSA) is 69.6 Å². The summed E-state index contributed by atoms with van der Waals surface area (Å²) in [5.74, 6) is -0.177. The van der Waals surface area contributed by atoms with Gasteiger partial charge in [-0.2, -0.15) is 0 Å². The number of alkyl halides is 2. The number of allylic oxidation sites excluding steroid dienone is 2. The first-order valence-electron chi connectivity index (χ1n) is 19.8. The number of likely N-dealkylation sites (tertiary alicyclic amines) is 1. The molecule has 7 heteroatoms. The maximum absolute atomic E-state index is 13.9. The lowest BCUT2D eigenvalue weighted by Crippen LogP contribution is -2.68. The number of halogens is 2. The van der Waals surface area contributed by atoms with Crippen molar-refractivity contribution in [1.29, 1.82) is 0 Å². The van der Waals surface area contributed by atoms with Crippen molar-refractivity contribution in [3.05, 3.63) is 41.5 Å². The summed E-state index contributed by atoms with van der Waals surface area (Å²) in [6, 6.07) is 7.50. The second kappa shape index (κ2) is 12.1. The molecule has 0 aromatic heterocycles. The molecule has 1 saturated heterocycles. The van der Waals surface area contributed by atoms with Gasteiger partial charge in [-0.05, 0) is 138 Å². The number of nitrogens with one attached hydrogen (secondary N) is 1. The first-order valence-corrected chi connectivity index (χ1v) is 19.8. The highest BCUT2D eigenvalue weighted by Gasteiger charge is 2.70. The Kier molecular flexibility index (Phi) is 8.76. The van der Waals surface area contributed by atoms with E-state index in [0.29, 0.717) is 41.1 Å². The lowest BCUT2D eigenvalue weighted by atomic mass is 9.33. The summed E-state index contributed by atoms with van der Waals surface area (Å²) in [7, 11) is 0. The van der Waals surface area contributed by atoms with Crippen LogP contribution in [0.4, 0.5) is 8.78 Å². The van der Waals surface area contributed by atoms with E-state index in [0.717, 1.165) is 37.7 Å². The van der Waals surface area contributed by atoms with E-state index in [1.54, 1.807) is 12.1 Å². The highest BCUT2D eigenvalue weighted by molar-refractivity contribution is 5.88. The van der Waals surface area contributed by atoms with Crippen LogP contribution in [0.1, 0.15) is 135 Å². The predicted molar refractivity (Wildman–Crippen MR) is 195 cm³/mol. The molecule has 6 aliphatic rings. The molecule has 5 nitrogen and oxygen atoms in total. The Morgan fingerprint density at radius 2 is 1.54 bits per heavy atom. The van der Waals surface area contributed by atoms with Gasteiger partial charge in [-0.25, -0.2) is 13.6 Å². The van der Waals surface area contributed by atoms with Crippen LogP contribution in [0.15, 0.2) is 30.3 Å². The lowest BCUT2D eigenvalue weighted by Gasteiger charge is -2.72. The Hall–Kier alpha value is -2.28. The second-order valence-corrected chi connectivity index (χ2v) is 19.4. The Balaban J connectivity index is 1.16. The monoisotopic (exact) mass is 692 g/mol. The minimum atomic E-state index is -2.60. The van der Waals surface area contributed by atoms with Crippen molar-refractivity contribution >= 4 is 17.4 Å². The van der Waals surface area contributed by atoms with Gasteiger partial charge in [0.15, 0.2) is 0 Å². The van der Waals surface area contributed by atoms with Crippen LogP contribution in [-0.4, -0.2) is 53.0 Å². The molecule has 3 unspecified atom stereocenters. The number of benzene rings is 1. The summed E-state index contributed by atoms with van der Waals surface area (Å²) in [6.45, 7) is 18.3. The first kappa shape index (κ1) is 36.1. The highest BCUT2D eigenvalue weighted by Crippen LogP contribution is 2.76. The molecule has 0 bridgehead atoms. The third-order valence-electron chi connectivity index (χ3n) is 16.7. The van der Waals surface area contributed by atoms with Crippen LogP contribution in [0.3, 0.4) is 0 Å². The molecule has 1 aromatic rings. The van der Waals surface area contributed by atoms with Crippen molar-refractivity contribution in [2.75, 3.05) is 19.6 Å². The van der Waals surface area contributed by atoms with Crippen molar-refractivity contribution in [3.8, 4) is 0 Å². The molecule has 5 fully saturated rings. The van der Waals surface area contributed by atoms with Gasteiger partial charge < -0.3 is 10.4 Å². The van der Waals surface area contributed by atoms with Crippen molar-refractivity contribution in [1.82, 2.24) is 10.2 Å². The fraction of sp³-hybridized carbons (Fsp3) is 0.767. The molecular formula is C43H62F2N2O3. The van der Waals surface area contributed by atoms with Crippen LogP contribution in [0.2, 0.25) is 0 Å². The van der Waals surface area contributed by atoms with E-state index in [2.05, 4.69) is 59.9 Å². The minimum absolute atomic E-state index is 0.0265. The fourth-order valence-corrected chi connectivity index (χ4v) is 14.1. The number of carboxylic acids is 1. The van der Waals surface area contributed by atoms with Crippen LogP contribution in [0, 0.1) is 57.2 Å². The average Bonchev–Trinajstić information content (AvgIpc) is 3.42. The minimum Gasteiger partial charge on any atom is -0.478 e. The van der Waals surface area contributed by atoms with E-state index in [9.17, 15) is 23.5 Å². The molecule has 276 valence electrons. The third kappa shape index (κ3) is 5.43. The smallest absolute Gasteiger partial charge is 0.335 e. The fourth-order valence-electron chi connectivity index (χ4n) is 14.1. The molecule has 2 N–H and O–H groups in total. The summed E-state index contributed by atoms with van der Waals surface area (Å²) in [5, 5.41) is 13.1. The quantitative estimate of drug-likeness (QED) is 0.312. The van der Waals surface area contributed by atoms with Crippen LogP contribution < -0.4 is 5.32 Å². The molecular weight excluding hydrogens is 630 g/mol. The number of fused-ring (bicyclic) bond motifs is 7. The van der Waals surface area contributed by atoms with Crippen LogP contribution in [0.25, 0.3) is 5.57 Å². The van der Waals surface area contributed by atoms with Gasteiger partial charge in [0.05, 0.1) is 12.1 Å².